The Kier molecular flexibility index (Phi) is 5.26. The molecule has 1 saturated heterocycles. The second-order valence-electron chi connectivity index (χ2n) is 9.75. The van der Waals surface area contributed by atoms with Crippen LogP contribution >= 0.6 is 0 Å². The standard InChI is InChI=1S/C26H32N2O2/c1-17(24-15-18-11-12-20(24)14-18)27-25(29)21-8-5-13-28(16-21)26(30)23-10-4-7-19-6-2-3-9-22(19)23/h2-4,6-7,9-10,17-18,20-21,24H,5,8,11-16H2,1H3,(H,27,29). The highest BCUT2D eigenvalue weighted by Crippen LogP contribution is 2.49. The molecule has 2 aromatic rings. The van der Waals surface area contributed by atoms with E-state index in [1.807, 2.05) is 47.4 Å². The van der Waals surface area contributed by atoms with Crippen LogP contribution in [0.5, 0.6) is 0 Å². The van der Waals surface area contributed by atoms with Crippen molar-refractivity contribution < 1.29 is 9.59 Å². The lowest BCUT2D eigenvalue weighted by Gasteiger charge is -2.34. The van der Waals surface area contributed by atoms with Gasteiger partial charge in [0.15, 0.2) is 0 Å². The van der Waals surface area contributed by atoms with Crippen molar-refractivity contribution in [1.29, 1.82) is 0 Å². The number of hydrogen-bond donors (Lipinski definition) is 1. The molecule has 1 heterocycles. The van der Waals surface area contributed by atoms with Gasteiger partial charge in [-0.15, -0.1) is 0 Å². The third-order valence-electron chi connectivity index (χ3n) is 7.90. The second-order valence-corrected chi connectivity index (χ2v) is 9.75. The molecule has 1 N–H and O–H groups in total. The third kappa shape index (κ3) is 3.61. The van der Waals surface area contributed by atoms with E-state index >= 15 is 0 Å². The molecule has 1 aliphatic heterocycles. The largest absolute Gasteiger partial charge is 0.353 e. The van der Waals surface area contributed by atoms with Crippen LogP contribution in [0.15, 0.2) is 42.5 Å². The number of rotatable bonds is 4. The van der Waals surface area contributed by atoms with Crippen LogP contribution in [0.4, 0.5) is 0 Å². The molecular formula is C26H32N2O2. The zero-order valence-electron chi connectivity index (χ0n) is 17.8. The molecule has 5 unspecified atom stereocenters. The lowest BCUT2D eigenvalue weighted by Crippen LogP contribution is -2.49. The zero-order chi connectivity index (χ0) is 20.7. The number of fused-ring (bicyclic) bond motifs is 3. The Hall–Kier alpha value is -2.36. The SMILES string of the molecule is CC(NC(=O)C1CCCN(C(=O)c2cccc3ccccc23)C1)C1CC2CCC1C2. The first kappa shape index (κ1) is 19.6. The molecule has 4 heteroatoms. The molecule has 2 bridgehead atoms. The van der Waals surface area contributed by atoms with E-state index in [1.165, 1.54) is 25.7 Å². The number of hydrogen-bond acceptors (Lipinski definition) is 2. The molecule has 30 heavy (non-hydrogen) atoms. The minimum atomic E-state index is -0.0984. The van der Waals surface area contributed by atoms with E-state index in [0.29, 0.717) is 12.5 Å². The van der Waals surface area contributed by atoms with Crippen LogP contribution in [-0.2, 0) is 4.79 Å². The Labute approximate surface area is 179 Å². The van der Waals surface area contributed by atoms with Gasteiger partial charge < -0.3 is 10.2 Å². The maximum atomic E-state index is 13.3. The van der Waals surface area contributed by atoms with Gasteiger partial charge in [-0.25, -0.2) is 0 Å². The molecule has 0 spiro atoms. The average Bonchev–Trinajstić information content (AvgIpc) is 3.42. The predicted octanol–water partition coefficient (Wildman–Crippen LogP) is 4.63. The van der Waals surface area contributed by atoms with Crippen LogP contribution in [-0.4, -0.2) is 35.8 Å². The molecule has 4 nitrogen and oxygen atoms in total. The number of nitrogens with one attached hydrogen (secondary N) is 1. The molecule has 5 atom stereocenters. The highest BCUT2D eigenvalue weighted by molar-refractivity contribution is 6.07. The fourth-order valence-corrected chi connectivity index (χ4v) is 6.31. The number of piperidine rings is 1. The van der Waals surface area contributed by atoms with Crippen molar-refractivity contribution in [1.82, 2.24) is 10.2 Å². The molecule has 2 aliphatic carbocycles. The first-order valence-electron chi connectivity index (χ1n) is 11.7. The summed E-state index contributed by atoms with van der Waals surface area (Å²) in [6.07, 6.45) is 7.12. The van der Waals surface area contributed by atoms with Crippen molar-refractivity contribution in [3.05, 3.63) is 48.0 Å². The number of nitrogens with zero attached hydrogens (tertiary/aromatic N) is 1. The molecule has 0 radical (unpaired) electrons. The van der Waals surface area contributed by atoms with Crippen molar-refractivity contribution in [2.45, 2.75) is 51.5 Å². The Balaban J connectivity index is 1.25. The van der Waals surface area contributed by atoms with Gasteiger partial charge >= 0.3 is 0 Å². The Morgan fingerprint density at radius 1 is 1.03 bits per heavy atom. The molecule has 2 aromatic carbocycles. The molecule has 3 aliphatic rings. The Bertz CT molecular complexity index is 950. The molecule has 5 rings (SSSR count). The number of carbonyl (C=O) groups excluding carboxylic acids is 2. The highest BCUT2D eigenvalue weighted by atomic mass is 16.2. The predicted molar refractivity (Wildman–Crippen MR) is 119 cm³/mol. The van der Waals surface area contributed by atoms with E-state index in [2.05, 4.69) is 12.2 Å². The molecule has 0 aromatic heterocycles. The lowest BCUT2D eigenvalue weighted by atomic mass is 9.83. The number of amides is 2. The second kappa shape index (κ2) is 8.05. The summed E-state index contributed by atoms with van der Waals surface area (Å²) in [6.45, 7) is 3.44. The number of likely N-dealkylation sites (tertiary alicyclic amines) is 1. The molecule has 158 valence electrons. The summed E-state index contributed by atoms with van der Waals surface area (Å²) < 4.78 is 0. The summed E-state index contributed by atoms with van der Waals surface area (Å²) in [4.78, 5) is 28.2. The maximum Gasteiger partial charge on any atom is 0.254 e. The minimum Gasteiger partial charge on any atom is -0.353 e. The van der Waals surface area contributed by atoms with E-state index in [9.17, 15) is 9.59 Å². The van der Waals surface area contributed by atoms with Gasteiger partial charge in [0, 0.05) is 24.7 Å². The highest BCUT2D eigenvalue weighted by Gasteiger charge is 2.42. The normalized spacial score (nSPS) is 29.2. The van der Waals surface area contributed by atoms with Gasteiger partial charge in [0.2, 0.25) is 5.91 Å². The average molecular weight is 405 g/mol. The summed E-state index contributed by atoms with van der Waals surface area (Å²) in [6, 6.07) is 14.2. The number of benzene rings is 2. The van der Waals surface area contributed by atoms with E-state index in [0.717, 1.165) is 47.6 Å². The van der Waals surface area contributed by atoms with Gasteiger partial charge in [-0.3, -0.25) is 9.59 Å². The van der Waals surface area contributed by atoms with Crippen LogP contribution < -0.4 is 5.32 Å². The van der Waals surface area contributed by atoms with Crippen LogP contribution in [0.25, 0.3) is 10.8 Å². The summed E-state index contributed by atoms with van der Waals surface area (Å²) in [5.74, 6) is 2.43. The summed E-state index contributed by atoms with van der Waals surface area (Å²) in [5.41, 5.74) is 0.740. The quantitative estimate of drug-likeness (QED) is 0.807. The lowest BCUT2D eigenvalue weighted by molar-refractivity contribution is -0.127. The smallest absolute Gasteiger partial charge is 0.254 e. The molecule has 2 saturated carbocycles. The Morgan fingerprint density at radius 2 is 1.87 bits per heavy atom. The Morgan fingerprint density at radius 3 is 2.67 bits per heavy atom. The summed E-state index contributed by atoms with van der Waals surface area (Å²) >= 11 is 0. The minimum absolute atomic E-state index is 0.0467. The van der Waals surface area contributed by atoms with Gasteiger partial charge in [0.1, 0.15) is 0 Å². The van der Waals surface area contributed by atoms with E-state index < -0.39 is 0 Å². The maximum absolute atomic E-state index is 13.3. The van der Waals surface area contributed by atoms with Crippen molar-refractivity contribution >= 4 is 22.6 Å². The molecular weight excluding hydrogens is 372 g/mol. The fourth-order valence-electron chi connectivity index (χ4n) is 6.31. The third-order valence-corrected chi connectivity index (χ3v) is 7.90. The summed E-state index contributed by atoms with van der Waals surface area (Å²) in [5, 5.41) is 5.39. The van der Waals surface area contributed by atoms with Gasteiger partial charge in [-0.05, 0) is 73.6 Å². The van der Waals surface area contributed by atoms with Crippen molar-refractivity contribution in [3.8, 4) is 0 Å². The fraction of sp³-hybridized carbons (Fsp3) is 0.538. The van der Waals surface area contributed by atoms with E-state index in [-0.39, 0.29) is 23.8 Å². The van der Waals surface area contributed by atoms with Gasteiger partial charge in [-0.1, -0.05) is 42.8 Å². The van der Waals surface area contributed by atoms with Gasteiger partial charge in [-0.2, -0.15) is 0 Å². The van der Waals surface area contributed by atoms with Crippen molar-refractivity contribution in [2.75, 3.05) is 13.1 Å². The van der Waals surface area contributed by atoms with Crippen molar-refractivity contribution in [2.24, 2.45) is 23.7 Å². The monoisotopic (exact) mass is 404 g/mol. The van der Waals surface area contributed by atoms with E-state index in [1.54, 1.807) is 0 Å². The van der Waals surface area contributed by atoms with Crippen LogP contribution in [0.2, 0.25) is 0 Å². The topological polar surface area (TPSA) is 49.4 Å². The van der Waals surface area contributed by atoms with Crippen LogP contribution in [0.1, 0.15) is 55.8 Å². The first-order valence-corrected chi connectivity index (χ1v) is 11.7. The molecule has 3 fully saturated rings. The number of carbonyl (C=O) groups is 2. The summed E-state index contributed by atoms with van der Waals surface area (Å²) in [7, 11) is 0. The van der Waals surface area contributed by atoms with Crippen LogP contribution in [0, 0.1) is 23.7 Å². The van der Waals surface area contributed by atoms with Crippen LogP contribution in [0.3, 0.4) is 0 Å². The first-order chi connectivity index (χ1) is 14.6. The van der Waals surface area contributed by atoms with Gasteiger partial charge in [0.25, 0.3) is 5.91 Å². The molecule has 2 amide bonds. The van der Waals surface area contributed by atoms with Crippen molar-refractivity contribution in [3.63, 3.8) is 0 Å². The van der Waals surface area contributed by atoms with E-state index in [4.69, 9.17) is 0 Å². The zero-order valence-corrected chi connectivity index (χ0v) is 17.8. The van der Waals surface area contributed by atoms with Gasteiger partial charge in [0.05, 0.1) is 5.92 Å².